The number of ether oxygens (including phenoxy) is 1. The molecule has 8 heteroatoms. The highest BCUT2D eigenvalue weighted by Gasteiger charge is 2.20. The molecule has 1 amide bonds. The zero-order chi connectivity index (χ0) is 22.4. The molecule has 1 N–H and O–H groups in total. The van der Waals surface area contributed by atoms with Crippen LogP contribution in [-0.4, -0.2) is 33.4 Å². The summed E-state index contributed by atoms with van der Waals surface area (Å²) in [5.41, 5.74) is 1.77. The van der Waals surface area contributed by atoms with Gasteiger partial charge in [0.2, 0.25) is 0 Å². The van der Waals surface area contributed by atoms with E-state index in [4.69, 9.17) is 4.74 Å². The average molecular weight is 424 g/mol. The van der Waals surface area contributed by atoms with Crippen molar-refractivity contribution in [2.45, 2.75) is 39.3 Å². The van der Waals surface area contributed by atoms with E-state index >= 15 is 0 Å². The minimum Gasteiger partial charge on any atom is -0.461 e. The molecule has 0 bridgehead atoms. The predicted molar refractivity (Wildman–Crippen MR) is 114 cm³/mol. The van der Waals surface area contributed by atoms with Gasteiger partial charge in [-0.2, -0.15) is 0 Å². The molecule has 0 saturated carbocycles. The molecule has 0 atom stereocenters. The van der Waals surface area contributed by atoms with Crippen LogP contribution in [0.1, 0.15) is 43.1 Å². The number of hydrogen-bond acceptors (Lipinski definition) is 5. The summed E-state index contributed by atoms with van der Waals surface area (Å²) >= 11 is 0. The lowest BCUT2D eigenvalue weighted by Crippen LogP contribution is -2.27. The van der Waals surface area contributed by atoms with Crippen LogP contribution in [0.5, 0.6) is 0 Å². The molecule has 0 saturated heterocycles. The summed E-state index contributed by atoms with van der Waals surface area (Å²) in [4.78, 5) is 24.4. The van der Waals surface area contributed by atoms with Crippen molar-refractivity contribution in [1.82, 2.24) is 20.3 Å². The molecule has 0 aliphatic carbocycles. The van der Waals surface area contributed by atoms with Gasteiger partial charge in [0.05, 0.1) is 23.9 Å². The van der Waals surface area contributed by atoms with E-state index in [1.165, 1.54) is 12.3 Å². The van der Waals surface area contributed by atoms with E-state index in [-0.39, 0.29) is 30.7 Å². The fourth-order valence-corrected chi connectivity index (χ4v) is 2.99. The van der Waals surface area contributed by atoms with Gasteiger partial charge in [0, 0.05) is 17.7 Å². The van der Waals surface area contributed by atoms with Crippen LogP contribution in [0, 0.1) is 5.82 Å². The van der Waals surface area contributed by atoms with Gasteiger partial charge >= 0.3 is 5.97 Å². The Hall–Kier alpha value is -3.55. The highest BCUT2D eigenvalue weighted by Crippen LogP contribution is 2.26. The van der Waals surface area contributed by atoms with E-state index in [0.717, 1.165) is 11.6 Å². The van der Waals surface area contributed by atoms with E-state index in [1.54, 1.807) is 10.7 Å². The lowest BCUT2D eigenvalue weighted by molar-refractivity contribution is -0.144. The number of carbonyl (C=O) groups is 2. The fourth-order valence-electron chi connectivity index (χ4n) is 2.99. The second-order valence-corrected chi connectivity index (χ2v) is 8.08. The van der Waals surface area contributed by atoms with Crippen molar-refractivity contribution in [3.05, 3.63) is 71.7 Å². The number of carbonyl (C=O) groups excluding carboxylic acids is 2. The van der Waals surface area contributed by atoms with Gasteiger partial charge in [-0.25, -0.2) is 9.07 Å². The lowest BCUT2D eigenvalue weighted by Gasteiger charge is -2.21. The van der Waals surface area contributed by atoms with Crippen molar-refractivity contribution in [3.63, 3.8) is 0 Å². The molecule has 1 heterocycles. The van der Waals surface area contributed by atoms with Crippen LogP contribution in [0.15, 0.2) is 54.7 Å². The summed E-state index contributed by atoms with van der Waals surface area (Å²) in [6.45, 7) is 6.12. The number of benzene rings is 2. The SMILES string of the molecule is CC(C)(C)n1nncc1-c1cc(F)cc(C(=O)NCCC(=O)OCc2ccccc2)c1. The molecular formula is C23H25FN4O3. The Morgan fingerprint density at radius 3 is 2.58 bits per heavy atom. The number of aromatic nitrogens is 3. The van der Waals surface area contributed by atoms with Gasteiger partial charge in [-0.3, -0.25) is 9.59 Å². The molecule has 1 aromatic heterocycles. The van der Waals surface area contributed by atoms with Crippen LogP contribution in [0.2, 0.25) is 0 Å². The number of rotatable bonds is 7. The number of nitrogens with one attached hydrogen (secondary N) is 1. The highest BCUT2D eigenvalue weighted by atomic mass is 19.1. The molecule has 0 spiro atoms. The number of halogens is 1. The topological polar surface area (TPSA) is 86.1 Å². The van der Waals surface area contributed by atoms with Crippen molar-refractivity contribution in [3.8, 4) is 11.3 Å². The van der Waals surface area contributed by atoms with Gasteiger partial charge < -0.3 is 10.1 Å². The van der Waals surface area contributed by atoms with Crippen molar-refractivity contribution in [1.29, 1.82) is 0 Å². The Labute approximate surface area is 180 Å². The maximum absolute atomic E-state index is 14.2. The standard InChI is InChI=1S/C23H25FN4O3/c1-23(2,3)28-20(14-26-27-28)17-11-18(13-19(24)12-17)22(30)25-10-9-21(29)31-15-16-7-5-4-6-8-16/h4-8,11-14H,9-10,15H2,1-3H3,(H,25,30). The Kier molecular flexibility index (Phi) is 6.79. The van der Waals surface area contributed by atoms with Gasteiger partial charge in [0.1, 0.15) is 12.4 Å². The van der Waals surface area contributed by atoms with Crippen LogP contribution in [0.3, 0.4) is 0 Å². The molecule has 0 unspecified atom stereocenters. The Morgan fingerprint density at radius 2 is 1.87 bits per heavy atom. The summed E-state index contributed by atoms with van der Waals surface area (Å²) in [6, 6.07) is 13.4. The third-order valence-corrected chi connectivity index (χ3v) is 4.50. The largest absolute Gasteiger partial charge is 0.461 e. The highest BCUT2D eigenvalue weighted by molar-refractivity contribution is 5.95. The van der Waals surface area contributed by atoms with Crippen molar-refractivity contribution in [2.75, 3.05) is 6.54 Å². The first kappa shape index (κ1) is 22.1. The molecule has 0 fully saturated rings. The molecule has 3 aromatic rings. The normalized spacial score (nSPS) is 11.2. The number of hydrogen-bond donors (Lipinski definition) is 1. The maximum Gasteiger partial charge on any atom is 0.307 e. The van der Waals surface area contributed by atoms with Crippen LogP contribution in [0.25, 0.3) is 11.3 Å². The first-order valence-corrected chi connectivity index (χ1v) is 9.94. The van der Waals surface area contributed by atoms with Crippen molar-refractivity contribution >= 4 is 11.9 Å². The lowest BCUT2D eigenvalue weighted by atomic mass is 10.0. The first-order chi connectivity index (χ1) is 14.7. The maximum atomic E-state index is 14.2. The minimum absolute atomic E-state index is 0.0153. The third-order valence-electron chi connectivity index (χ3n) is 4.50. The van der Waals surface area contributed by atoms with Crippen LogP contribution >= 0.6 is 0 Å². The Bertz CT molecular complexity index is 1060. The van der Waals surface area contributed by atoms with Gasteiger partial charge in [-0.1, -0.05) is 35.5 Å². The monoisotopic (exact) mass is 424 g/mol. The van der Waals surface area contributed by atoms with Gasteiger partial charge in [-0.05, 0) is 44.5 Å². The molecular weight excluding hydrogens is 399 g/mol. The fraction of sp³-hybridized carbons (Fsp3) is 0.304. The van der Waals surface area contributed by atoms with E-state index in [9.17, 15) is 14.0 Å². The Morgan fingerprint density at radius 1 is 1.13 bits per heavy atom. The molecule has 162 valence electrons. The van der Waals surface area contributed by atoms with E-state index in [2.05, 4.69) is 15.6 Å². The number of amides is 1. The molecule has 0 aliphatic heterocycles. The minimum atomic E-state index is -0.549. The molecule has 0 radical (unpaired) electrons. The van der Waals surface area contributed by atoms with Gasteiger partial charge in [-0.15, -0.1) is 5.10 Å². The summed E-state index contributed by atoms with van der Waals surface area (Å²) in [5, 5.41) is 10.6. The van der Waals surface area contributed by atoms with E-state index < -0.39 is 17.7 Å². The summed E-state index contributed by atoms with van der Waals surface area (Å²) < 4.78 is 21.1. The summed E-state index contributed by atoms with van der Waals surface area (Å²) in [7, 11) is 0. The quantitative estimate of drug-likeness (QED) is 0.585. The van der Waals surface area contributed by atoms with Crippen molar-refractivity contribution in [2.24, 2.45) is 0 Å². The zero-order valence-corrected chi connectivity index (χ0v) is 17.8. The Balaban J connectivity index is 1.60. The molecule has 0 aliphatic rings. The van der Waals surface area contributed by atoms with E-state index in [1.807, 2.05) is 51.1 Å². The van der Waals surface area contributed by atoms with E-state index in [0.29, 0.717) is 11.3 Å². The summed E-state index contributed by atoms with van der Waals surface area (Å²) in [5.74, 6) is -1.46. The molecule has 2 aromatic carbocycles. The zero-order valence-electron chi connectivity index (χ0n) is 17.8. The van der Waals surface area contributed by atoms with Crippen LogP contribution in [0.4, 0.5) is 4.39 Å². The number of esters is 1. The average Bonchev–Trinajstić information content (AvgIpc) is 3.23. The van der Waals surface area contributed by atoms with Gasteiger partial charge in [0.25, 0.3) is 5.91 Å². The third kappa shape index (κ3) is 5.97. The smallest absolute Gasteiger partial charge is 0.307 e. The number of nitrogens with zero attached hydrogens (tertiary/aromatic N) is 3. The predicted octanol–water partition coefficient (Wildman–Crippen LogP) is 3.70. The van der Waals surface area contributed by atoms with Gasteiger partial charge in [0.15, 0.2) is 0 Å². The molecule has 7 nitrogen and oxygen atoms in total. The second kappa shape index (κ2) is 9.51. The first-order valence-electron chi connectivity index (χ1n) is 9.94. The second-order valence-electron chi connectivity index (χ2n) is 8.08. The van der Waals surface area contributed by atoms with Crippen LogP contribution in [-0.2, 0) is 21.7 Å². The molecule has 31 heavy (non-hydrogen) atoms. The molecule has 3 rings (SSSR count). The van der Waals surface area contributed by atoms with Crippen LogP contribution < -0.4 is 5.32 Å². The van der Waals surface area contributed by atoms with Crippen molar-refractivity contribution < 1.29 is 18.7 Å². The summed E-state index contributed by atoms with van der Waals surface area (Å²) in [6.07, 6.45) is 1.55.